The molecule has 0 unspecified atom stereocenters. The molecule has 0 amide bonds. The lowest BCUT2D eigenvalue weighted by Crippen LogP contribution is -2.13. The first kappa shape index (κ1) is 13.1. The van der Waals surface area contributed by atoms with Crippen molar-refractivity contribution < 1.29 is 9.53 Å². The number of carbonyl (C=O) groups excluding carboxylic acids is 1. The summed E-state index contributed by atoms with van der Waals surface area (Å²) in [6, 6.07) is 5.56. The maximum Gasteiger partial charge on any atom is 0.349 e. The molecule has 0 N–H and O–H groups in total. The maximum atomic E-state index is 12.4. The molecule has 3 rings (SSSR count). The van der Waals surface area contributed by atoms with E-state index < -0.39 is 5.97 Å². The molecule has 0 radical (unpaired) electrons. The van der Waals surface area contributed by atoms with Crippen LogP contribution in [0.15, 0.2) is 34.1 Å². The van der Waals surface area contributed by atoms with Crippen LogP contribution in [0, 0.1) is 0 Å². The van der Waals surface area contributed by atoms with Crippen LogP contribution in [0.3, 0.4) is 0 Å². The van der Waals surface area contributed by atoms with E-state index in [-0.39, 0.29) is 5.56 Å². The van der Waals surface area contributed by atoms with Crippen LogP contribution in [0.25, 0.3) is 15.9 Å². The Kier molecular flexibility index (Phi) is 3.23. The van der Waals surface area contributed by atoms with Gasteiger partial charge in [-0.25, -0.2) is 9.78 Å². The minimum absolute atomic E-state index is 0.174. The third kappa shape index (κ3) is 1.99. The number of thioether (sulfide) groups is 1. The maximum absolute atomic E-state index is 12.4. The highest BCUT2D eigenvalue weighted by atomic mass is 32.2. The van der Waals surface area contributed by atoms with Gasteiger partial charge < -0.3 is 4.74 Å². The zero-order chi connectivity index (χ0) is 14.3. The molecule has 0 aliphatic carbocycles. The van der Waals surface area contributed by atoms with Crippen LogP contribution in [0.1, 0.15) is 9.67 Å². The first-order chi connectivity index (χ1) is 9.63. The Morgan fingerprint density at radius 2 is 2.25 bits per heavy atom. The third-order valence-electron chi connectivity index (χ3n) is 2.91. The second kappa shape index (κ2) is 4.92. The minimum atomic E-state index is -0.464. The van der Waals surface area contributed by atoms with Crippen LogP contribution < -0.4 is 5.56 Å². The first-order valence-electron chi connectivity index (χ1n) is 5.72. The van der Waals surface area contributed by atoms with Crippen molar-refractivity contribution in [3.63, 3.8) is 0 Å². The molecule has 0 saturated carbocycles. The molecule has 0 saturated heterocycles. The summed E-state index contributed by atoms with van der Waals surface area (Å²) in [6.07, 6.45) is 3.43. The number of benzene rings is 1. The number of nitrogens with zero attached hydrogens (tertiary/aromatic N) is 2. The van der Waals surface area contributed by atoms with E-state index in [9.17, 15) is 9.59 Å². The summed E-state index contributed by atoms with van der Waals surface area (Å²) in [6.45, 7) is 0. The number of rotatable bonds is 2. The van der Waals surface area contributed by atoms with Crippen molar-refractivity contribution in [3.05, 3.63) is 39.6 Å². The van der Waals surface area contributed by atoms with Gasteiger partial charge in [-0.2, -0.15) is 0 Å². The fraction of sp³-hybridized carbons (Fsp3) is 0.154. The summed E-state index contributed by atoms with van der Waals surface area (Å²) in [5.41, 5.74) is 0.457. The number of ether oxygens (including phenoxy) is 1. The van der Waals surface area contributed by atoms with Crippen molar-refractivity contribution in [2.75, 3.05) is 13.4 Å². The monoisotopic (exact) mass is 306 g/mol. The molecular formula is C13H10N2O3S2. The average Bonchev–Trinajstić information content (AvgIpc) is 2.90. The van der Waals surface area contributed by atoms with Gasteiger partial charge in [0.2, 0.25) is 0 Å². The van der Waals surface area contributed by atoms with E-state index in [1.54, 1.807) is 11.8 Å². The molecule has 0 bridgehead atoms. The van der Waals surface area contributed by atoms with E-state index in [1.807, 2.05) is 24.5 Å². The van der Waals surface area contributed by atoms with E-state index in [2.05, 4.69) is 9.72 Å². The summed E-state index contributed by atoms with van der Waals surface area (Å²) in [4.78, 5) is 30.2. The Morgan fingerprint density at radius 3 is 2.95 bits per heavy atom. The lowest BCUT2D eigenvalue weighted by molar-refractivity contribution is 0.0606. The zero-order valence-electron chi connectivity index (χ0n) is 10.7. The molecule has 2 aromatic heterocycles. The van der Waals surface area contributed by atoms with Gasteiger partial charge in [0.1, 0.15) is 4.88 Å². The highest BCUT2D eigenvalue weighted by Gasteiger charge is 2.14. The lowest BCUT2D eigenvalue weighted by Gasteiger charge is -2.00. The first-order valence-corrected chi connectivity index (χ1v) is 7.76. The summed E-state index contributed by atoms with van der Waals surface area (Å²) >= 11 is 2.71. The summed E-state index contributed by atoms with van der Waals surface area (Å²) in [5.74, 6) is -0.464. The van der Waals surface area contributed by atoms with Crippen molar-refractivity contribution in [1.82, 2.24) is 9.38 Å². The van der Waals surface area contributed by atoms with E-state index in [0.717, 1.165) is 16.2 Å². The fourth-order valence-electron chi connectivity index (χ4n) is 1.91. The van der Waals surface area contributed by atoms with Crippen molar-refractivity contribution in [2.45, 2.75) is 4.90 Å². The number of esters is 1. The number of thiazole rings is 1. The average molecular weight is 306 g/mol. The number of aromatic nitrogens is 2. The zero-order valence-corrected chi connectivity index (χ0v) is 12.4. The second-order valence-electron chi connectivity index (χ2n) is 4.04. The molecule has 2 heterocycles. The molecule has 0 fully saturated rings. The Bertz CT molecular complexity index is 882. The number of fused-ring (bicyclic) bond motifs is 2. The molecule has 102 valence electrons. The van der Waals surface area contributed by atoms with Crippen LogP contribution in [0.5, 0.6) is 0 Å². The van der Waals surface area contributed by atoms with Crippen molar-refractivity contribution in [1.29, 1.82) is 0 Å². The number of carbonyl (C=O) groups is 1. The van der Waals surface area contributed by atoms with E-state index >= 15 is 0 Å². The highest BCUT2D eigenvalue weighted by molar-refractivity contribution is 7.98. The minimum Gasteiger partial charge on any atom is -0.465 e. The van der Waals surface area contributed by atoms with E-state index in [4.69, 9.17) is 0 Å². The predicted octanol–water partition coefficient (Wildman–Crippen LogP) is 2.42. The molecule has 20 heavy (non-hydrogen) atoms. The molecule has 0 atom stereocenters. The molecule has 0 aliphatic heterocycles. The van der Waals surface area contributed by atoms with Gasteiger partial charge in [0.15, 0.2) is 4.96 Å². The van der Waals surface area contributed by atoms with Crippen LogP contribution in [0.4, 0.5) is 0 Å². The molecule has 3 aromatic rings. The van der Waals surface area contributed by atoms with Crippen molar-refractivity contribution in [3.8, 4) is 0 Å². The lowest BCUT2D eigenvalue weighted by atomic mass is 10.2. The van der Waals surface area contributed by atoms with Gasteiger partial charge in [-0.1, -0.05) is 11.3 Å². The standard InChI is InChI=1S/C13H10N2O3S2/c1-18-12(17)10-6-15-11(16)8-5-7(19-2)3-4-9(8)14-13(15)20-10/h3-6H,1-2H3. The second-order valence-corrected chi connectivity index (χ2v) is 5.93. The van der Waals surface area contributed by atoms with Gasteiger partial charge >= 0.3 is 5.97 Å². The van der Waals surface area contributed by atoms with Crippen molar-refractivity contribution >= 4 is 44.9 Å². The van der Waals surface area contributed by atoms with Gasteiger partial charge in [-0.3, -0.25) is 9.20 Å². The normalized spacial score (nSPS) is 11.1. The largest absolute Gasteiger partial charge is 0.465 e. The van der Waals surface area contributed by atoms with Crippen LogP contribution in [-0.2, 0) is 4.74 Å². The quantitative estimate of drug-likeness (QED) is 0.537. The number of hydrogen-bond acceptors (Lipinski definition) is 6. The molecule has 0 spiro atoms. The third-order valence-corrected chi connectivity index (χ3v) is 4.60. The van der Waals surface area contributed by atoms with Gasteiger partial charge in [0, 0.05) is 11.1 Å². The molecular weight excluding hydrogens is 296 g/mol. The Hall–Kier alpha value is -1.86. The topological polar surface area (TPSA) is 60.7 Å². The Balaban J connectivity index is 2.35. The molecule has 5 nitrogen and oxygen atoms in total. The fourth-order valence-corrected chi connectivity index (χ4v) is 3.25. The van der Waals surface area contributed by atoms with E-state index in [1.165, 1.54) is 17.7 Å². The van der Waals surface area contributed by atoms with Gasteiger partial charge in [0.25, 0.3) is 5.56 Å². The van der Waals surface area contributed by atoms with Crippen molar-refractivity contribution in [2.24, 2.45) is 0 Å². The van der Waals surface area contributed by atoms with E-state index in [0.29, 0.717) is 20.7 Å². The Morgan fingerprint density at radius 1 is 1.45 bits per heavy atom. The van der Waals surface area contributed by atoms with Gasteiger partial charge in [-0.15, -0.1) is 11.8 Å². The van der Waals surface area contributed by atoms with Crippen LogP contribution in [0.2, 0.25) is 0 Å². The number of methoxy groups -OCH3 is 1. The highest BCUT2D eigenvalue weighted by Crippen LogP contribution is 2.22. The molecule has 1 aromatic carbocycles. The molecule has 0 aliphatic rings. The summed E-state index contributed by atoms with van der Waals surface area (Å²) < 4.78 is 6.06. The van der Waals surface area contributed by atoms with Crippen LogP contribution >= 0.6 is 23.1 Å². The number of hydrogen-bond donors (Lipinski definition) is 0. The molecule has 7 heteroatoms. The van der Waals surface area contributed by atoms with Gasteiger partial charge in [0.05, 0.1) is 18.0 Å². The summed E-state index contributed by atoms with van der Waals surface area (Å²) in [5, 5.41) is 0.545. The van der Waals surface area contributed by atoms with Crippen LogP contribution in [-0.4, -0.2) is 28.7 Å². The smallest absolute Gasteiger partial charge is 0.349 e. The SMILES string of the molecule is COC(=O)c1cn2c(=O)c3cc(SC)ccc3nc2s1. The van der Waals surface area contributed by atoms with Gasteiger partial charge in [-0.05, 0) is 24.5 Å². The summed E-state index contributed by atoms with van der Waals surface area (Å²) in [7, 11) is 1.31. The Labute approximate surface area is 122 Å². The predicted molar refractivity (Wildman–Crippen MR) is 80.0 cm³/mol.